The fourth-order valence-electron chi connectivity index (χ4n) is 1.35. The molecule has 0 saturated carbocycles. The number of pyridine rings is 1. The van der Waals surface area contributed by atoms with Crippen LogP contribution in [0.15, 0.2) is 36.5 Å². The molecular weight excluding hydrogens is 192 g/mol. The Morgan fingerprint density at radius 3 is 2.80 bits per heavy atom. The molecule has 0 bridgehead atoms. The molecule has 2 N–H and O–H groups in total. The van der Waals surface area contributed by atoms with Gasteiger partial charge < -0.3 is 10.5 Å². The Bertz CT molecular complexity index is 497. The number of primary amides is 1. The maximum absolute atomic E-state index is 10.4. The Morgan fingerprint density at radius 2 is 2.07 bits per heavy atom. The predicted octanol–water partition coefficient (Wildman–Crippen LogP) is 1.83. The average molecular weight is 202 g/mol. The number of hydrogen-bond donors (Lipinski definition) is 1. The largest absolute Gasteiger partial charge is 0.443 e. The van der Waals surface area contributed by atoms with Crippen molar-refractivity contribution in [3.63, 3.8) is 0 Å². The Balaban J connectivity index is 2.26. The number of carbonyl (C=O) groups excluding carboxylic acids is 1. The van der Waals surface area contributed by atoms with Crippen LogP contribution in [0, 0.1) is 0 Å². The van der Waals surface area contributed by atoms with Gasteiger partial charge in [0.15, 0.2) is 0 Å². The molecule has 1 aromatic carbocycles. The van der Waals surface area contributed by atoms with Gasteiger partial charge >= 0.3 is 6.09 Å². The van der Waals surface area contributed by atoms with Crippen molar-refractivity contribution >= 4 is 16.9 Å². The summed E-state index contributed by atoms with van der Waals surface area (Å²) in [5.41, 5.74) is 5.55. The molecule has 0 aliphatic rings. The fraction of sp³-hybridized carbons (Fsp3) is 0.0909. The molecule has 4 nitrogen and oxygen atoms in total. The van der Waals surface area contributed by atoms with Gasteiger partial charge in [0.2, 0.25) is 0 Å². The summed E-state index contributed by atoms with van der Waals surface area (Å²) in [5, 5.41) is 2.12. The Hall–Kier alpha value is -2.10. The second-order valence-electron chi connectivity index (χ2n) is 3.13. The number of nitrogens with two attached hydrogens (primary N) is 1. The standard InChI is InChI=1S/C11H10N2O2/c12-11(14)15-7-10-5-8-3-1-2-4-9(8)6-13-10/h1-6H,7H2,(H2,12,14). The molecule has 4 heteroatoms. The zero-order valence-corrected chi connectivity index (χ0v) is 8.01. The van der Waals surface area contributed by atoms with Gasteiger partial charge in [-0.2, -0.15) is 0 Å². The van der Waals surface area contributed by atoms with Crippen molar-refractivity contribution in [2.75, 3.05) is 0 Å². The van der Waals surface area contributed by atoms with E-state index < -0.39 is 6.09 Å². The van der Waals surface area contributed by atoms with Crippen LogP contribution in [0.3, 0.4) is 0 Å². The molecule has 0 atom stereocenters. The summed E-state index contributed by atoms with van der Waals surface area (Å²) in [5.74, 6) is 0. The van der Waals surface area contributed by atoms with Crippen LogP contribution < -0.4 is 5.73 Å². The quantitative estimate of drug-likeness (QED) is 0.807. The molecule has 1 amide bonds. The maximum Gasteiger partial charge on any atom is 0.404 e. The topological polar surface area (TPSA) is 65.2 Å². The summed E-state index contributed by atoms with van der Waals surface area (Å²) in [4.78, 5) is 14.6. The van der Waals surface area contributed by atoms with Crippen LogP contribution >= 0.6 is 0 Å². The van der Waals surface area contributed by atoms with Gasteiger partial charge in [-0.3, -0.25) is 4.98 Å². The average Bonchev–Trinajstić information content (AvgIpc) is 2.26. The lowest BCUT2D eigenvalue weighted by Crippen LogP contribution is -2.13. The highest BCUT2D eigenvalue weighted by atomic mass is 16.5. The van der Waals surface area contributed by atoms with Gasteiger partial charge in [-0.25, -0.2) is 4.79 Å². The van der Waals surface area contributed by atoms with Crippen LogP contribution in [0.25, 0.3) is 10.8 Å². The Labute approximate surface area is 86.7 Å². The van der Waals surface area contributed by atoms with E-state index in [1.807, 2.05) is 30.3 Å². The number of ether oxygens (including phenoxy) is 1. The van der Waals surface area contributed by atoms with Crippen LogP contribution in [0.5, 0.6) is 0 Å². The number of fused-ring (bicyclic) bond motifs is 1. The smallest absolute Gasteiger partial charge is 0.404 e. The normalized spacial score (nSPS) is 10.1. The highest BCUT2D eigenvalue weighted by Gasteiger charge is 1.99. The van der Waals surface area contributed by atoms with Crippen molar-refractivity contribution in [2.24, 2.45) is 5.73 Å². The summed E-state index contributed by atoms with van der Waals surface area (Å²) in [7, 11) is 0. The lowest BCUT2D eigenvalue weighted by Gasteiger charge is -2.02. The van der Waals surface area contributed by atoms with E-state index in [-0.39, 0.29) is 6.61 Å². The molecule has 0 aliphatic carbocycles. The van der Waals surface area contributed by atoms with Gasteiger partial charge in [0.05, 0.1) is 5.69 Å². The molecule has 76 valence electrons. The van der Waals surface area contributed by atoms with E-state index in [1.54, 1.807) is 6.20 Å². The van der Waals surface area contributed by atoms with Crippen LogP contribution in [-0.4, -0.2) is 11.1 Å². The van der Waals surface area contributed by atoms with Crippen molar-refractivity contribution in [2.45, 2.75) is 6.61 Å². The Morgan fingerprint density at radius 1 is 1.33 bits per heavy atom. The van der Waals surface area contributed by atoms with E-state index in [0.717, 1.165) is 10.8 Å². The lowest BCUT2D eigenvalue weighted by atomic mass is 10.1. The van der Waals surface area contributed by atoms with Crippen molar-refractivity contribution in [3.05, 3.63) is 42.2 Å². The third kappa shape index (κ3) is 2.22. The minimum absolute atomic E-state index is 0.111. The van der Waals surface area contributed by atoms with Gasteiger partial charge in [-0.1, -0.05) is 24.3 Å². The monoisotopic (exact) mass is 202 g/mol. The minimum atomic E-state index is -0.787. The number of nitrogens with zero attached hydrogens (tertiary/aromatic N) is 1. The second-order valence-corrected chi connectivity index (χ2v) is 3.13. The van der Waals surface area contributed by atoms with Crippen molar-refractivity contribution in [1.82, 2.24) is 4.98 Å². The Kier molecular flexibility index (Phi) is 2.49. The molecule has 0 radical (unpaired) electrons. The van der Waals surface area contributed by atoms with Gasteiger partial charge in [0.25, 0.3) is 0 Å². The molecule has 1 aromatic heterocycles. The summed E-state index contributed by atoms with van der Waals surface area (Å²) in [6.45, 7) is 0.111. The highest BCUT2D eigenvalue weighted by Crippen LogP contribution is 2.13. The molecule has 0 spiro atoms. The summed E-state index contributed by atoms with van der Waals surface area (Å²) < 4.78 is 4.65. The number of benzene rings is 1. The molecule has 2 rings (SSSR count). The first-order valence-electron chi connectivity index (χ1n) is 4.51. The number of rotatable bonds is 2. The second kappa shape index (κ2) is 3.96. The van der Waals surface area contributed by atoms with Gasteiger partial charge in [0, 0.05) is 11.6 Å². The molecule has 1 heterocycles. The van der Waals surface area contributed by atoms with Gasteiger partial charge in [-0.05, 0) is 11.5 Å². The number of amides is 1. The van der Waals surface area contributed by atoms with E-state index in [1.165, 1.54) is 0 Å². The number of carbonyl (C=O) groups is 1. The molecule has 2 aromatic rings. The zero-order chi connectivity index (χ0) is 10.7. The first-order chi connectivity index (χ1) is 7.25. The van der Waals surface area contributed by atoms with Crippen molar-refractivity contribution < 1.29 is 9.53 Å². The lowest BCUT2D eigenvalue weighted by molar-refractivity contribution is 0.149. The van der Waals surface area contributed by atoms with E-state index in [4.69, 9.17) is 5.73 Å². The molecular formula is C11H10N2O2. The van der Waals surface area contributed by atoms with Crippen LogP contribution in [0.2, 0.25) is 0 Å². The minimum Gasteiger partial charge on any atom is -0.443 e. The van der Waals surface area contributed by atoms with Crippen molar-refractivity contribution in [1.29, 1.82) is 0 Å². The van der Waals surface area contributed by atoms with Crippen molar-refractivity contribution in [3.8, 4) is 0 Å². The van der Waals surface area contributed by atoms with E-state index in [0.29, 0.717) is 5.69 Å². The molecule has 0 aliphatic heterocycles. The van der Waals surface area contributed by atoms with E-state index >= 15 is 0 Å². The van der Waals surface area contributed by atoms with E-state index in [2.05, 4.69) is 9.72 Å². The van der Waals surface area contributed by atoms with E-state index in [9.17, 15) is 4.79 Å². The van der Waals surface area contributed by atoms with Gasteiger partial charge in [-0.15, -0.1) is 0 Å². The van der Waals surface area contributed by atoms with Gasteiger partial charge in [0.1, 0.15) is 6.61 Å². The third-order valence-electron chi connectivity index (χ3n) is 2.05. The van der Waals surface area contributed by atoms with Crippen LogP contribution in [-0.2, 0) is 11.3 Å². The maximum atomic E-state index is 10.4. The number of hydrogen-bond acceptors (Lipinski definition) is 3. The fourth-order valence-corrected chi connectivity index (χ4v) is 1.35. The molecule has 0 saturated heterocycles. The predicted molar refractivity (Wildman–Crippen MR) is 56.1 cm³/mol. The molecule has 0 unspecified atom stereocenters. The summed E-state index contributed by atoms with van der Waals surface area (Å²) >= 11 is 0. The third-order valence-corrected chi connectivity index (χ3v) is 2.05. The molecule has 15 heavy (non-hydrogen) atoms. The zero-order valence-electron chi connectivity index (χ0n) is 8.01. The highest BCUT2D eigenvalue weighted by molar-refractivity contribution is 5.81. The van der Waals surface area contributed by atoms with Crippen LogP contribution in [0.1, 0.15) is 5.69 Å². The first-order valence-corrected chi connectivity index (χ1v) is 4.51. The molecule has 0 fully saturated rings. The summed E-state index contributed by atoms with van der Waals surface area (Å²) in [6, 6.07) is 9.72. The first kappa shape index (κ1) is 9.45. The number of aromatic nitrogens is 1. The SMILES string of the molecule is NC(=O)OCc1cc2ccccc2cn1. The van der Waals surface area contributed by atoms with Crippen LogP contribution in [0.4, 0.5) is 4.79 Å². The summed E-state index contributed by atoms with van der Waals surface area (Å²) in [6.07, 6.45) is 0.958.